The lowest BCUT2D eigenvalue weighted by Crippen LogP contribution is -2.49. The molecule has 2 aliphatic carbocycles. The molecule has 0 N–H and O–H groups in total. The van der Waals surface area contributed by atoms with E-state index in [1.807, 2.05) is 0 Å². The van der Waals surface area contributed by atoms with Crippen LogP contribution >= 0.6 is 22.7 Å². The summed E-state index contributed by atoms with van der Waals surface area (Å²) >= 11 is 1.86. The van der Waals surface area contributed by atoms with Gasteiger partial charge >= 0.3 is 35.5 Å². The van der Waals surface area contributed by atoms with Crippen molar-refractivity contribution in [3.8, 4) is 32.6 Å². The summed E-state index contributed by atoms with van der Waals surface area (Å²) in [5.41, 5.74) is -4.88. The fraction of sp³-hybridized carbons (Fsp3) is 0.368. The molecule has 4 heterocycles. The minimum Gasteiger partial charge on any atom is -0.493 e. The SMILES string of the molecule is CCCCC(CC)COc1cc(/C=C/c2ccc3c(c2)c(C2=C(c4nc(-c5ccccc5)sc4C)C(F)(F)C(F)(F)C2(F)F)c(C)n3C)c(OCC(CC)CCCC)cc1/C=C/c1ccc2c(c1)c(C1=C(c3nc(-c4ccccc4)sc3C)C(F)(F)C(F)(F)C1(F)F)c(C)n2C. The van der Waals surface area contributed by atoms with E-state index in [2.05, 4.69) is 37.7 Å². The van der Waals surface area contributed by atoms with Crippen LogP contribution < -0.4 is 9.47 Å². The van der Waals surface area contributed by atoms with Crippen molar-refractivity contribution in [2.45, 2.75) is 142 Å². The van der Waals surface area contributed by atoms with Crippen LogP contribution in [0.15, 0.2) is 109 Å². The number of allylic oxidation sites excluding steroid dienone is 4. The number of ether oxygens (including phenoxy) is 2. The summed E-state index contributed by atoms with van der Waals surface area (Å²) in [5, 5.41) is 0.413. The summed E-state index contributed by atoms with van der Waals surface area (Å²) in [4.78, 5) is 8.82. The van der Waals surface area contributed by atoms with Gasteiger partial charge in [0.2, 0.25) is 0 Å². The first-order valence-corrected chi connectivity index (χ1v) is 33.9. The molecule has 0 amide bonds. The van der Waals surface area contributed by atoms with Gasteiger partial charge in [-0.1, -0.05) is 163 Å². The number of aryl methyl sites for hydroxylation is 4. The third kappa shape index (κ3) is 11.8. The Kier molecular flexibility index (Phi) is 19.2. The highest BCUT2D eigenvalue weighted by atomic mass is 32.1. The molecule has 0 spiro atoms. The van der Waals surface area contributed by atoms with Crippen LogP contribution in [0.5, 0.6) is 11.5 Å². The molecule has 2 aliphatic rings. The van der Waals surface area contributed by atoms with Crippen molar-refractivity contribution in [1.29, 1.82) is 0 Å². The predicted octanol–water partition coefficient (Wildman–Crippen LogP) is 23.3. The molecular formula is C76H74F12N4O2S2. The van der Waals surface area contributed by atoms with Gasteiger partial charge in [0, 0.05) is 102 Å². The number of aromatic nitrogens is 4. The average molecular weight is 1370 g/mol. The zero-order chi connectivity index (χ0) is 69.2. The van der Waals surface area contributed by atoms with Crippen molar-refractivity contribution in [2.24, 2.45) is 25.9 Å². The summed E-state index contributed by atoms with van der Waals surface area (Å²) in [6.45, 7) is 14.5. The van der Waals surface area contributed by atoms with Gasteiger partial charge in [-0.15, -0.1) is 22.7 Å². The molecule has 0 bridgehead atoms. The highest BCUT2D eigenvalue weighted by molar-refractivity contribution is 7.15. The maximum absolute atomic E-state index is 16.7. The van der Waals surface area contributed by atoms with Crippen LogP contribution in [0.1, 0.15) is 145 Å². The third-order valence-electron chi connectivity index (χ3n) is 19.1. The minimum absolute atomic E-state index is 0.0160. The lowest BCUT2D eigenvalue weighted by Gasteiger charge is -2.25. The van der Waals surface area contributed by atoms with Gasteiger partial charge in [0.25, 0.3) is 0 Å². The number of fused-ring (bicyclic) bond motifs is 2. The largest absolute Gasteiger partial charge is 0.493 e. The quantitative estimate of drug-likeness (QED) is 0.0447. The number of unbranched alkanes of at least 4 members (excludes halogenated alkanes) is 2. The van der Waals surface area contributed by atoms with Crippen molar-refractivity contribution in [2.75, 3.05) is 13.2 Å². The van der Waals surface area contributed by atoms with Crippen molar-refractivity contribution >= 4 is 91.1 Å². The second-order valence-electron chi connectivity index (χ2n) is 25.2. The van der Waals surface area contributed by atoms with Gasteiger partial charge in [0.05, 0.1) is 35.7 Å². The Morgan fingerprint density at radius 3 is 1.16 bits per heavy atom. The van der Waals surface area contributed by atoms with Crippen molar-refractivity contribution in [3.63, 3.8) is 0 Å². The molecule has 20 heteroatoms. The topological polar surface area (TPSA) is 54.1 Å². The van der Waals surface area contributed by atoms with E-state index < -0.39 is 80.3 Å². The summed E-state index contributed by atoms with van der Waals surface area (Å²) in [6, 6.07) is 30.0. The van der Waals surface area contributed by atoms with E-state index in [0.717, 1.165) is 74.0 Å². The smallest absolute Gasteiger partial charge is 0.380 e. The Balaban J connectivity index is 1.05. The number of hydrogen-bond acceptors (Lipinski definition) is 6. The maximum atomic E-state index is 16.7. The first-order chi connectivity index (χ1) is 45.5. The average Bonchev–Trinajstić information content (AvgIpc) is 1.53. The second-order valence-corrected chi connectivity index (χ2v) is 27.6. The van der Waals surface area contributed by atoms with Gasteiger partial charge in [-0.3, -0.25) is 0 Å². The molecule has 506 valence electrons. The van der Waals surface area contributed by atoms with Crippen LogP contribution in [-0.4, -0.2) is 67.9 Å². The van der Waals surface area contributed by atoms with Gasteiger partial charge in [-0.25, -0.2) is 9.97 Å². The zero-order valence-corrected chi connectivity index (χ0v) is 56.5. The molecule has 5 aromatic carbocycles. The van der Waals surface area contributed by atoms with Crippen molar-refractivity contribution < 1.29 is 62.2 Å². The van der Waals surface area contributed by atoms with Crippen LogP contribution in [0.2, 0.25) is 0 Å². The van der Waals surface area contributed by atoms with Gasteiger partial charge in [-0.2, -0.15) is 52.7 Å². The molecule has 11 rings (SSSR count). The summed E-state index contributed by atoms with van der Waals surface area (Å²) < 4.78 is 213. The Labute approximate surface area is 558 Å². The van der Waals surface area contributed by atoms with Gasteiger partial charge in [-0.05, 0) is 99.9 Å². The predicted molar refractivity (Wildman–Crippen MR) is 365 cm³/mol. The molecule has 0 aliphatic heterocycles. The van der Waals surface area contributed by atoms with Crippen LogP contribution in [0.25, 0.3) is 89.5 Å². The molecule has 0 saturated carbocycles. The number of halogens is 12. The molecule has 96 heavy (non-hydrogen) atoms. The van der Waals surface area contributed by atoms with E-state index in [1.165, 1.54) is 49.0 Å². The van der Waals surface area contributed by atoms with Crippen LogP contribution in [0, 0.1) is 39.5 Å². The molecular weight excluding hydrogens is 1290 g/mol. The summed E-state index contributed by atoms with van der Waals surface area (Å²) in [5.74, 6) is -32.0. The lowest BCUT2D eigenvalue weighted by atomic mass is 9.94. The molecule has 2 unspecified atom stereocenters. The van der Waals surface area contributed by atoms with Crippen molar-refractivity contribution in [3.05, 3.63) is 175 Å². The van der Waals surface area contributed by atoms with Crippen molar-refractivity contribution in [1.82, 2.24) is 19.1 Å². The first kappa shape index (κ1) is 69.5. The van der Waals surface area contributed by atoms with Gasteiger partial charge < -0.3 is 18.6 Å². The fourth-order valence-electron chi connectivity index (χ4n) is 13.1. The number of rotatable bonds is 24. The highest BCUT2D eigenvalue weighted by Gasteiger charge is 2.82. The van der Waals surface area contributed by atoms with E-state index in [0.29, 0.717) is 69.1 Å². The van der Waals surface area contributed by atoms with E-state index in [-0.39, 0.29) is 53.8 Å². The lowest BCUT2D eigenvalue weighted by molar-refractivity contribution is -0.254. The standard InChI is InChI=1S/C76H74F12N4O2S2/c1-11-15-23-47(13-3)41-93-59-39-54(34-30-50-32-36-58-56(38-50)62(44(6)92(58)10)64-66(74(83,84)76(87,88)72(64,79)80)68-46(8)96-70(90-68)52-27-21-18-22-28-52)60(94-42-48(14-4)24-16-12-2)40-53(59)33-29-49-31-35-57-55(37-49)61(43(5)91(57)9)63-65(73(81,82)75(85,86)71(63,77)78)67-45(7)95-69(89-67)51-25-19-17-20-26-51/h17-22,25-40,47-48H,11-16,23-24,41-42H2,1-10H3/b33-29+,34-30+. The van der Waals surface area contributed by atoms with Crippen LogP contribution in [-0.2, 0) is 14.1 Å². The molecule has 6 nitrogen and oxygen atoms in total. The zero-order valence-electron chi connectivity index (χ0n) is 54.9. The minimum atomic E-state index is -5.84. The second kappa shape index (κ2) is 26.5. The van der Waals surface area contributed by atoms with Gasteiger partial charge in [0.1, 0.15) is 21.5 Å². The van der Waals surface area contributed by atoms with E-state index >= 15 is 52.7 Å². The monoisotopic (exact) mass is 1370 g/mol. The molecule has 0 radical (unpaired) electrons. The molecule has 0 fully saturated rings. The Morgan fingerprint density at radius 2 is 0.812 bits per heavy atom. The van der Waals surface area contributed by atoms with E-state index in [1.54, 1.807) is 135 Å². The molecule has 4 aromatic heterocycles. The maximum Gasteiger partial charge on any atom is 0.380 e. The number of hydrogen-bond donors (Lipinski definition) is 0. The molecule has 9 aromatic rings. The third-order valence-corrected chi connectivity index (χ3v) is 21.1. The normalized spacial score (nSPS) is 17.7. The number of alkyl halides is 12. The molecule has 2 atom stereocenters. The number of benzene rings is 5. The number of nitrogens with zero attached hydrogens (tertiary/aromatic N) is 4. The van der Waals surface area contributed by atoms with Gasteiger partial charge in [0.15, 0.2) is 0 Å². The van der Waals surface area contributed by atoms with Crippen LogP contribution in [0.4, 0.5) is 52.7 Å². The van der Waals surface area contributed by atoms with Crippen LogP contribution in [0.3, 0.4) is 0 Å². The highest BCUT2D eigenvalue weighted by Crippen LogP contribution is 2.68. The number of thiazole rings is 2. The Bertz CT molecular complexity index is 4250. The Morgan fingerprint density at radius 1 is 0.458 bits per heavy atom. The fourth-order valence-corrected chi connectivity index (χ4v) is 15.0. The van der Waals surface area contributed by atoms with E-state index in [4.69, 9.17) is 9.47 Å². The summed E-state index contributed by atoms with van der Waals surface area (Å²) in [7, 11) is 3.09. The van der Waals surface area contributed by atoms with E-state index in [9.17, 15) is 0 Å². The first-order valence-electron chi connectivity index (χ1n) is 32.3. The Hall–Kier alpha value is -7.84. The molecule has 0 saturated heterocycles. The summed E-state index contributed by atoms with van der Waals surface area (Å²) in [6.07, 6.45) is 13.9.